The molecule has 21 heavy (non-hydrogen) atoms. The molecule has 0 unspecified atom stereocenters. The number of hydrogen-bond acceptors (Lipinski definition) is 4. The lowest BCUT2D eigenvalue weighted by Crippen LogP contribution is -2.40. The second-order valence-corrected chi connectivity index (χ2v) is 5.52. The third-order valence-corrected chi connectivity index (χ3v) is 4.16. The first-order valence-electron chi connectivity index (χ1n) is 7.61. The van der Waals surface area contributed by atoms with Crippen molar-refractivity contribution in [1.82, 2.24) is 4.90 Å². The molecule has 114 valence electrons. The van der Waals surface area contributed by atoms with E-state index in [0.717, 1.165) is 25.7 Å². The van der Waals surface area contributed by atoms with Crippen molar-refractivity contribution >= 4 is 5.91 Å². The van der Waals surface area contributed by atoms with E-state index in [-0.39, 0.29) is 18.6 Å². The molecule has 0 atom stereocenters. The molecule has 2 aliphatic rings. The standard InChI is InChI=1S/C16H21NO4/c18-8-7-17(13-3-1-2-4-13)16(19)12-5-6-14-15(11-12)21-10-9-20-14/h5-6,11,13,18H,1-4,7-10H2. The van der Waals surface area contributed by atoms with Crippen molar-refractivity contribution in [3.63, 3.8) is 0 Å². The van der Waals surface area contributed by atoms with Crippen LogP contribution in [0.5, 0.6) is 11.5 Å². The van der Waals surface area contributed by atoms with Crippen molar-refractivity contribution in [2.24, 2.45) is 0 Å². The molecule has 0 bridgehead atoms. The zero-order chi connectivity index (χ0) is 14.7. The lowest BCUT2D eigenvalue weighted by Gasteiger charge is -2.29. The summed E-state index contributed by atoms with van der Waals surface area (Å²) in [6.07, 6.45) is 4.36. The van der Waals surface area contributed by atoms with E-state index in [9.17, 15) is 9.90 Å². The fourth-order valence-corrected chi connectivity index (χ4v) is 3.12. The van der Waals surface area contributed by atoms with E-state index in [4.69, 9.17) is 9.47 Å². The molecule has 1 aromatic rings. The van der Waals surface area contributed by atoms with Crippen LogP contribution in [0.25, 0.3) is 0 Å². The maximum atomic E-state index is 12.7. The van der Waals surface area contributed by atoms with Crippen molar-refractivity contribution < 1.29 is 19.4 Å². The largest absolute Gasteiger partial charge is 0.486 e. The van der Waals surface area contributed by atoms with E-state index in [1.807, 2.05) is 0 Å². The third kappa shape index (κ3) is 2.97. The lowest BCUT2D eigenvalue weighted by atomic mass is 10.1. The highest BCUT2D eigenvalue weighted by Gasteiger charge is 2.27. The number of aliphatic hydroxyl groups excluding tert-OH is 1. The molecular weight excluding hydrogens is 270 g/mol. The van der Waals surface area contributed by atoms with E-state index in [0.29, 0.717) is 36.8 Å². The van der Waals surface area contributed by atoms with Gasteiger partial charge in [0.25, 0.3) is 5.91 Å². The molecule has 0 radical (unpaired) electrons. The maximum absolute atomic E-state index is 12.7. The van der Waals surface area contributed by atoms with E-state index >= 15 is 0 Å². The summed E-state index contributed by atoms with van der Waals surface area (Å²) in [7, 11) is 0. The number of ether oxygens (including phenoxy) is 2. The summed E-state index contributed by atoms with van der Waals surface area (Å²) in [5, 5.41) is 9.25. The van der Waals surface area contributed by atoms with Crippen molar-refractivity contribution in [3.8, 4) is 11.5 Å². The van der Waals surface area contributed by atoms with Gasteiger partial charge in [0.15, 0.2) is 11.5 Å². The lowest BCUT2D eigenvalue weighted by molar-refractivity contribution is 0.0637. The molecule has 0 saturated heterocycles. The van der Waals surface area contributed by atoms with E-state index in [1.165, 1.54) is 0 Å². The Morgan fingerprint density at radius 2 is 1.90 bits per heavy atom. The van der Waals surface area contributed by atoms with Crippen LogP contribution in [0.3, 0.4) is 0 Å². The molecule has 5 nitrogen and oxygen atoms in total. The van der Waals surface area contributed by atoms with Gasteiger partial charge < -0.3 is 19.5 Å². The van der Waals surface area contributed by atoms with Crippen molar-refractivity contribution in [2.75, 3.05) is 26.4 Å². The molecule has 1 N–H and O–H groups in total. The minimum absolute atomic E-state index is 0.00715. The quantitative estimate of drug-likeness (QED) is 0.919. The van der Waals surface area contributed by atoms with E-state index < -0.39 is 0 Å². The minimum Gasteiger partial charge on any atom is -0.486 e. The predicted octanol–water partition coefficient (Wildman–Crippen LogP) is 1.83. The highest BCUT2D eigenvalue weighted by molar-refractivity contribution is 5.95. The Morgan fingerprint density at radius 1 is 1.19 bits per heavy atom. The fraction of sp³-hybridized carbons (Fsp3) is 0.562. The van der Waals surface area contributed by atoms with Crippen LogP contribution in [-0.2, 0) is 0 Å². The zero-order valence-electron chi connectivity index (χ0n) is 12.1. The molecule has 1 aromatic carbocycles. The number of benzene rings is 1. The zero-order valence-corrected chi connectivity index (χ0v) is 12.1. The second-order valence-electron chi connectivity index (χ2n) is 5.52. The fourth-order valence-electron chi connectivity index (χ4n) is 3.12. The Hall–Kier alpha value is -1.75. The predicted molar refractivity (Wildman–Crippen MR) is 77.8 cm³/mol. The molecule has 5 heteroatoms. The summed E-state index contributed by atoms with van der Waals surface area (Å²) in [6, 6.07) is 5.55. The van der Waals surface area contributed by atoms with Gasteiger partial charge in [0.2, 0.25) is 0 Å². The first-order valence-corrected chi connectivity index (χ1v) is 7.61. The van der Waals surface area contributed by atoms with Crippen LogP contribution in [0, 0.1) is 0 Å². The molecule has 1 fully saturated rings. The molecule has 1 heterocycles. The first-order chi connectivity index (χ1) is 10.3. The van der Waals surface area contributed by atoms with Crippen LogP contribution >= 0.6 is 0 Å². The molecule has 1 amide bonds. The van der Waals surface area contributed by atoms with Crippen molar-refractivity contribution in [1.29, 1.82) is 0 Å². The number of carbonyl (C=O) groups excluding carboxylic acids is 1. The Bertz CT molecular complexity index is 511. The Kier molecular flexibility index (Phi) is 4.29. The van der Waals surface area contributed by atoms with Crippen LogP contribution < -0.4 is 9.47 Å². The van der Waals surface area contributed by atoms with Gasteiger partial charge in [0.05, 0.1) is 6.61 Å². The Labute approximate surface area is 124 Å². The van der Waals surface area contributed by atoms with Gasteiger partial charge in [-0.3, -0.25) is 4.79 Å². The molecule has 1 aliphatic heterocycles. The summed E-state index contributed by atoms with van der Waals surface area (Å²) < 4.78 is 11.0. The van der Waals surface area contributed by atoms with Gasteiger partial charge in [-0.1, -0.05) is 12.8 Å². The summed E-state index contributed by atoms with van der Waals surface area (Å²) in [4.78, 5) is 14.5. The Morgan fingerprint density at radius 3 is 2.62 bits per heavy atom. The van der Waals surface area contributed by atoms with Crippen molar-refractivity contribution in [3.05, 3.63) is 23.8 Å². The van der Waals surface area contributed by atoms with E-state index in [1.54, 1.807) is 23.1 Å². The normalized spacial score (nSPS) is 17.8. The number of fused-ring (bicyclic) bond motifs is 1. The van der Waals surface area contributed by atoms with Gasteiger partial charge in [-0.05, 0) is 31.0 Å². The highest BCUT2D eigenvalue weighted by atomic mass is 16.6. The topological polar surface area (TPSA) is 59.0 Å². The van der Waals surface area contributed by atoms with Gasteiger partial charge in [-0.2, -0.15) is 0 Å². The summed E-state index contributed by atoms with van der Waals surface area (Å²) in [6.45, 7) is 1.43. The van der Waals surface area contributed by atoms with Crippen LogP contribution in [0.4, 0.5) is 0 Å². The second kappa shape index (κ2) is 6.35. The average Bonchev–Trinajstić information content (AvgIpc) is 3.05. The number of carbonyl (C=O) groups is 1. The third-order valence-electron chi connectivity index (χ3n) is 4.16. The molecule has 1 aliphatic carbocycles. The molecule has 3 rings (SSSR count). The van der Waals surface area contributed by atoms with Gasteiger partial charge in [0.1, 0.15) is 13.2 Å². The smallest absolute Gasteiger partial charge is 0.254 e. The van der Waals surface area contributed by atoms with Crippen LogP contribution in [0.2, 0.25) is 0 Å². The van der Waals surface area contributed by atoms with Crippen LogP contribution in [0.1, 0.15) is 36.0 Å². The molecule has 0 aromatic heterocycles. The van der Waals surface area contributed by atoms with Gasteiger partial charge >= 0.3 is 0 Å². The SMILES string of the molecule is O=C(c1ccc2c(c1)OCCO2)N(CCO)C1CCCC1. The van der Waals surface area contributed by atoms with Crippen molar-refractivity contribution in [2.45, 2.75) is 31.7 Å². The monoisotopic (exact) mass is 291 g/mol. The van der Waals surface area contributed by atoms with Gasteiger partial charge in [-0.25, -0.2) is 0 Å². The summed E-state index contributed by atoms with van der Waals surface area (Å²) >= 11 is 0. The number of rotatable bonds is 4. The van der Waals surface area contributed by atoms with Crippen LogP contribution in [-0.4, -0.2) is 48.3 Å². The number of aliphatic hydroxyl groups is 1. The Balaban J connectivity index is 1.81. The summed E-state index contributed by atoms with van der Waals surface area (Å²) in [5.41, 5.74) is 0.597. The molecule has 0 spiro atoms. The number of amides is 1. The van der Waals surface area contributed by atoms with Crippen LogP contribution in [0.15, 0.2) is 18.2 Å². The van der Waals surface area contributed by atoms with Gasteiger partial charge in [0, 0.05) is 18.2 Å². The minimum atomic E-state index is -0.0343. The van der Waals surface area contributed by atoms with E-state index in [2.05, 4.69) is 0 Å². The first kappa shape index (κ1) is 14.2. The molecule has 1 saturated carbocycles. The molecular formula is C16H21NO4. The maximum Gasteiger partial charge on any atom is 0.254 e. The highest BCUT2D eigenvalue weighted by Crippen LogP contribution is 2.32. The van der Waals surface area contributed by atoms with Gasteiger partial charge in [-0.15, -0.1) is 0 Å². The number of nitrogens with zero attached hydrogens (tertiary/aromatic N) is 1. The number of hydrogen-bond donors (Lipinski definition) is 1. The average molecular weight is 291 g/mol. The summed E-state index contributed by atoms with van der Waals surface area (Å²) in [5.74, 6) is 1.28.